The van der Waals surface area contributed by atoms with Crippen LogP contribution in [-0.2, 0) is 9.09 Å². The molecule has 0 saturated carbocycles. The van der Waals surface area contributed by atoms with Crippen LogP contribution in [0.2, 0.25) is 0 Å². The van der Waals surface area contributed by atoms with Crippen molar-refractivity contribution >= 4 is 8.03 Å². The zero-order valence-corrected chi connectivity index (χ0v) is 9.27. The predicted octanol–water partition coefficient (Wildman–Crippen LogP) is 3.47. The quantitative estimate of drug-likeness (QED) is 0.435. The fourth-order valence-corrected chi connectivity index (χ4v) is 1.57. The van der Waals surface area contributed by atoms with E-state index in [0.29, 0.717) is 12.8 Å². The molecule has 0 aliphatic rings. The third-order valence-electron chi connectivity index (χ3n) is 1.80. The van der Waals surface area contributed by atoms with E-state index in [1.54, 1.807) is 0 Å². The number of hydrogen-bond acceptors (Lipinski definition) is 2. The second kappa shape index (κ2) is 9.28. The van der Waals surface area contributed by atoms with Gasteiger partial charge in [-0.1, -0.05) is 39.5 Å². The average Bonchev–Trinajstić information content (AvgIpc) is 2.10. The lowest BCUT2D eigenvalue weighted by Crippen LogP contribution is -1.87. The van der Waals surface area contributed by atoms with Crippen LogP contribution in [0, 0.1) is 0 Å². The summed E-state index contributed by atoms with van der Waals surface area (Å²) in [7, 11) is -1.67. The van der Waals surface area contributed by atoms with Crippen LogP contribution in [-0.4, -0.2) is 12.8 Å². The second-order valence-electron chi connectivity index (χ2n) is 2.99. The van der Waals surface area contributed by atoms with E-state index < -0.39 is 8.03 Å². The Morgan fingerprint density at radius 3 is 2.33 bits per heavy atom. The molecule has 1 unspecified atom stereocenters. The lowest BCUT2D eigenvalue weighted by molar-refractivity contribution is 0.316. The Morgan fingerprint density at radius 2 is 1.75 bits per heavy atom. The maximum Gasteiger partial charge on any atom is 0.191 e. The molecular weight excluding hydrogens is 171 g/mol. The average molecular weight is 192 g/mol. The van der Waals surface area contributed by atoms with E-state index in [9.17, 15) is 4.57 Å². The fourth-order valence-electron chi connectivity index (χ4n) is 0.994. The van der Waals surface area contributed by atoms with Gasteiger partial charge in [0.05, 0.1) is 6.61 Å². The van der Waals surface area contributed by atoms with Crippen LogP contribution in [0.15, 0.2) is 0 Å². The predicted molar refractivity (Wildman–Crippen MR) is 54.3 cm³/mol. The Labute approximate surface area is 76.6 Å². The second-order valence-corrected chi connectivity index (χ2v) is 4.73. The third kappa shape index (κ3) is 8.29. The largest absolute Gasteiger partial charge is 0.330 e. The molecule has 0 radical (unpaired) electrons. The molecule has 0 bridgehead atoms. The van der Waals surface area contributed by atoms with Gasteiger partial charge in [0, 0.05) is 6.16 Å². The number of rotatable bonds is 8. The van der Waals surface area contributed by atoms with Crippen molar-refractivity contribution in [3.8, 4) is 0 Å². The summed E-state index contributed by atoms with van der Waals surface area (Å²) < 4.78 is 16.0. The first kappa shape index (κ1) is 12.2. The summed E-state index contributed by atoms with van der Waals surface area (Å²) in [6.07, 6.45) is 6.82. The van der Waals surface area contributed by atoms with Crippen molar-refractivity contribution in [1.82, 2.24) is 0 Å². The van der Waals surface area contributed by atoms with Gasteiger partial charge in [-0.2, -0.15) is 0 Å². The Balaban J connectivity index is 2.95. The van der Waals surface area contributed by atoms with Crippen LogP contribution in [0.25, 0.3) is 0 Å². The van der Waals surface area contributed by atoms with Crippen LogP contribution in [0.3, 0.4) is 0 Å². The van der Waals surface area contributed by atoms with E-state index in [1.807, 2.05) is 6.92 Å². The van der Waals surface area contributed by atoms with Crippen LogP contribution < -0.4 is 0 Å². The van der Waals surface area contributed by atoms with Crippen LogP contribution >= 0.6 is 8.03 Å². The maximum atomic E-state index is 10.9. The maximum absolute atomic E-state index is 10.9. The summed E-state index contributed by atoms with van der Waals surface area (Å²) in [5.74, 6) is 0. The molecule has 0 heterocycles. The van der Waals surface area contributed by atoms with Gasteiger partial charge < -0.3 is 4.52 Å². The number of unbranched alkanes of at least 4 members (excludes halogenated alkanes) is 4. The molecule has 0 amide bonds. The Hall–Kier alpha value is 0.190. The van der Waals surface area contributed by atoms with Gasteiger partial charge in [-0.3, -0.25) is 4.57 Å². The van der Waals surface area contributed by atoms with Gasteiger partial charge in [0.25, 0.3) is 0 Å². The normalized spacial score (nSPS) is 13.2. The standard InChI is InChI=1S/C9H21O2P/c1-3-5-6-7-8-9-11-12(10)4-2/h12H,3-9H2,1-2H3. The van der Waals surface area contributed by atoms with Gasteiger partial charge in [-0.15, -0.1) is 0 Å². The molecule has 0 spiro atoms. The van der Waals surface area contributed by atoms with E-state index in [0.717, 1.165) is 6.42 Å². The van der Waals surface area contributed by atoms with Crippen molar-refractivity contribution in [2.24, 2.45) is 0 Å². The molecule has 0 saturated heterocycles. The monoisotopic (exact) mass is 192 g/mol. The van der Waals surface area contributed by atoms with E-state index in [1.165, 1.54) is 25.7 Å². The first-order valence-corrected chi connectivity index (χ1v) is 6.49. The smallest absolute Gasteiger partial charge is 0.191 e. The fraction of sp³-hybridized carbons (Fsp3) is 1.00. The van der Waals surface area contributed by atoms with Gasteiger partial charge in [0.2, 0.25) is 0 Å². The molecule has 1 atom stereocenters. The highest BCUT2D eigenvalue weighted by Gasteiger charge is 1.94. The topological polar surface area (TPSA) is 26.3 Å². The van der Waals surface area contributed by atoms with Crippen molar-refractivity contribution < 1.29 is 9.09 Å². The molecule has 0 aromatic rings. The van der Waals surface area contributed by atoms with Gasteiger partial charge in [0.15, 0.2) is 8.03 Å². The molecule has 74 valence electrons. The van der Waals surface area contributed by atoms with Gasteiger partial charge >= 0.3 is 0 Å². The van der Waals surface area contributed by atoms with Crippen LogP contribution in [0.1, 0.15) is 46.0 Å². The van der Waals surface area contributed by atoms with Crippen molar-refractivity contribution in [2.75, 3.05) is 12.8 Å². The summed E-state index contributed by atoms with van der Waals surface area (Å²) in [5, 5.41) is 0. The summed E-state index contributed by atoms with van der Waals surface area (Å²) in [5.41, 5.74) is 0. The molecule has 0 aromatic carbocycles. The molecule has 2 nitrogen and oxygen atoms in total. The minimum absolute atomic E-state index is 0.680. The number of hydrogen-bond donors (Lipinski definition) is 0. The van der Waals surface area contributed by atoms with E-state index in [4.69, 9.17) is 4.52 Å². The Kier molecular flexibility index (Phi) is 9.43. The van der Waals surface area contributed by atoms with Crippen molar-refractivity contribution in [1.29, 1.82) is 0 Å². The minimum Gasteiger partial charge on any atom is -0.330 e. The third-order valence-corrected chi connectivity index (χ3v) is 2.90. The Morgan fingerprint density at radius 1 is 1.08 bits per heavy atom. The molecular formula is C9H21O2P. The van der Waals surface area contributed by atoms with E-state index in [-0.39, 0.29) is 0 Å². The zero-order valence-electron chi connectivity index (χ0n) is 8.27. The van der Waals surface area contributed by atoms with Crippen molar-refractivity contribution in [3.05, 3.63) is 0 Å². The Bertz CT molecular complexity index is 115. The summed E-state index contributed by atoms with van der Waals surface area (Å²) in [6.45, 7) is 4.79. The van der Waals surface area contributed by atoms with Gasteiger partial charge in [-0.25, -0.2) is 0 Å². The molecule has 0 aliphatic carbocycles. The highest BCUT2D eigenvalue weighted by molar-refractivity contribution is 7.39. The van der Waals surface area contributed by atoms with E-state index >= 15 is 0 Å². The molecule has 0 aliphatic heterocycles. The van der Waals surface area contributed by atoms with Crippen molar-refractivity contribution in [3.63, 3.8) is 0 Å². The minimum atomic E-state index is -1.67. The summed E-state index contributed by atoms with van der Waals surface area (Å²) >= 11 is 0. The molecule has 0 fully saturated rings. The SMILES string of the molecule is CCCCCCCO[PH](=O)CC. The first-order valence-electron chi connectivity index (χ1n) is 4.96. The zero-order chi connectivity index (χ0) is 9.23. The van der Waals surface area contributed by atoms with Crippen molar-refractivity contribution in [2.45, 2.75) is 46.0 Å². The van der Waals surface area contributed by atoms with Crippen LogP contribution in [0.4, 0.5) is 0 Å². The molecule has 0 N–H and O–H groups in total. The van der Waals surface area contributed by atoms with Gasteiger partial charge in [-0.05, 0) is 6.42 Å². The van der Waals surface area contributed by atoms with Gasteiger partial charge in [0.1, 0.15) is 0 Å². The highest BCUT2D eigenvalue weighted by atomic mass is 31.1. The lowest BCUT2D eigenvalue weighted by Gasteiger charge is -2.01. The molecule has 12 heavy (non-hydrogen) atoms. The molecule has 0 rings (SSSR count). The van der Waals surface area contributed by atoms with E-state index in [2.05, 4.69) is 6.92 Å². The lowest BCUT2D eigenvalue weighted by atomic mass is 10.2. The van der Waals surface area contributed by atoms with Crippen LogP contribution in [0.5, 0.6) is 0 Å². The molecule has 0 aromatic heterocycles. The first-order chi connectivity index (χ1) is 5.81. The molecule has 3 heteroatoms. The summed E-state index contributed by atoms with van der Waals surface area (Å²) in [4.78, 5) is 0. The summed E-state index contributed by atoms with van der Waals surface area (Å²) in [6, 6.07) is 0. The highest BCUT2D eigenvalue weighted by Crippen LogP contribution is 2.21.